The maximum atomic E-state index is 12.1. The maximum Gasteiger partial charge on any atom is 0.243 e. The predicted molar refractivity (Wildman–Crippen MR) is 88.7 cm³/mol. The van der Waals surface area contributed by atoms with Gasteiger partial charge >= 0.3 is 0 Å². The molecule has 2 aromatic rings. The maximum absolute atomic E-state index is 12.1. The Hall–Kier alpha value is -2.49. The second kappa shape index (κ2) is 6.31. The highest BCUT2D eigenvalue weighted by Gasteiger charge is 2.08. The van der Waals surface area contributed by atoms with Crippen molar-refractivity contribution in [2.75, 3.05) is 29.5 Å². The lowest BCUT2D eigenvalue weighted by Crippen LogP contribution is -2.30. The van der Waals surface area contributed by atoms with Crippen LogP contribution in [0.2, 0.25) is 0 Å². The molecule has 4 heteroatoms. The fraction of sp³-hybridized carbons (Fsp3) is 0.235. The number of aryl methyl sites for hydroxylation is 2. The van der Waals surface area contributed by atoms with Crippen LogP contribution in [0.1, 0.15) is 11.1 Å². The van der Waals surface area contributed by atoms with E-state index in [1.54, 1.807) is 6.07 Å². The van der Waals surface area contributed by atoms with E-state index in [4.69, 9.17) is 5.73 Å². The van der Waals surface area contributed by atoms with Gasteiger partial charge < -0.3 is 16.0 Å². The average molecular weight is 283 g/mol. The Balaban J connectivity index is 1.97. The van der Waals surface area contributed by atoms with Gasteiger partial charge in [0.1, 0.15) is 0 Å². The van der Waals surface area contributed by atoms with Gasteiger partial charge in [0.05, 0.1) is 6.54 Å². The third-order valence-electron chi connectivity index (χ3n) is 3.42. The molecule has 0 radical (unpaired) electrons. The van der Waals surface area contributed by atoms with Crippen molar-refractivity contribution in [3.05, 3.63) is 53.6 Å². The van der Waals surface area contributed by atoms with Gasteiger partial charge in [0, 0.05) is 24.1 Å². The van der Waals surface area contributed by atoms with Crippen LogP contribution in [0.5, 0.6) is 0 Å². The summed E-state index contributed by atoms with van der Waals surface area (Å²) in [5, 5.41) is 2.86. The molecule has 110 valence electrons. The molecule has 1 amide bonds. The van der Waals surface area contributed by atoms with Crippen molar-refractivity contribution in [3.8, 4) is 0 Å². The Kier molecular flexibility index (Phi) is 4.48. The Morgan fingerprint density at radius 1 is 1.14 bits per heavy atom. The molecule has 0 aromatic heterocycles. The number of benzene rings is 2. The predicted octanol–water partition coefficient (Wildman–Crippen LogP) is 2.96. The molecule has 2 rings (SSSR count). The molecular formula is C17H21N3O. The first-order valence-corrected chi connectivity index (χ1v) is 6.89. The van der Waals surface area contributed by atoms with E-state index in [0.29, 0.717) is 5.69 Å². The number of carbonyl (C=O) groups is 1. The van der Waals surface area contributed by atoms with Crippen LogP contribution < -0.4 is 16.0 Å². The minimum Gasteiger partial charge on any atom is -0.398 e. The molecule has 0 heterocycles. The first-order valence-electron chi connectivity index (χ1n) is 6.89. The molecule has 0 aliphatic rings. The fourth-order valence-corrected chi connectivity index (χ4v) is 2.02. The summed E-state index contributed by atoms with van der Waals surface area (Å²) in [6.07, 6.45) is 0. The number of nitrogens with one attached hydrogen (secondary N) is 1. The van der Waals surface area contributed by atoms with Gasteiger partial charge in [0.15, 0.2) is 0 Å². The Labute approximate surface area is 125 Å². The van der Waals surface area contributed by atoms with Crippen LogP contribution in [0.25, 0.3) is 0 Å². The number of carbonyl (C=O) groups excluding carboxylic acids is 1. The van der Waals surface area contributed by atoms with Gasteiger partial charge in [0.2, 0.25) is 5.91 Å². The van der Waals surface area contributed by atoms with E-state index in [-0.39, 0.29) is 12.5 Å². The van der Waals surface area contributed by atoms with Crippen LogP contribution in [0.15, 0.2) is 42.5 Å². The highest BCUT2D eigenvalue weighted by atomic mass is 16.2. The SMILES string of the molecule is Cc1ccc(N(C)CC(=O)Nc2ccc(C)c(N)c2)cc1. The Bertz CT molecular complexity index is 635. The van der Waals surface area contributed by atoms with Crippen LogP contribution in [-0.4, -0.2) is 19.5 Å². The molecule has 0 unspecified atom stereocenters. The molecule has 21 heavy (non-hydrogen) atoms. The van der Waals surface area contributed by atoms with Crippen LogP contribution in [0.4, 0.5) is 17.1 Å². The van der Waals surface area contributed by atoms with Crippen molar-refractivity contribution < 1.29 is 4.79 Å². The summed E-state index contributed by atoms with van der Waals surface area (Å²) in [5.41, 5.74) is 10.5. The number of likely N-dealkylation sites (N-methyl/N-ethyl adjacent to an activating group) is 1. The van der Waals surface area contributed by atoms with Crippen molar-refractivity contribution in [2.24, 2.45) is 0 Å². The number of amides is 1. The number of nitrogen functional groups attached to an aromatic ring is 1. The molecule has 0 aliphatic heterocycles. The van der Waals surface area contributed by atoms with Gasteiger partial charge in [-0.15, -0.1) is 0 Å². The van der Waals surface area contributed by atoms with E-state index in [1.807, 2.05) is 62.2 Å². The van der Waals surface area contributed by atoms with Crippen molar-refractivity contribution in [1.29, 1.82) is 0 Å². The second-order valence-electron chi connectivity index (χ2n) is 5.31. The topological polar surface area (TPSA) is 58.4 Å². The van der Waals surface area contributed by atoms with E-state index in [2.05, 4.69) is 5.32 Å². The quantitative estimate of drug-likeness (QED) is 0.848. The molecule has 0 bridgehead atoms. The summed E-state index contributed by atoms with van der Waals surface area (Å²) < 4.78 is 0. The second-order valence-corrected chi connectivity index (χ2v) is 5.31. The molecule has 2 aromatic carbocycles. The van der Waals surface area contributed by atoms with Crippen molar-refractivity contribution in [3.63, 3.8) is 0 Å². The van der Waals surface area contributed by atoms with Gasteiger partial charge in [-0.05, 0) is 43.7 Å². The molecule has 0 spiro atoms. The molecule has 0 saturated heterocycles. The lowest BCUT2D eigenvalue weighted by Gasteiger charge is -2.19. The normalized spacial score (nSPS) is 10.2. The number of anilines is 3. The van der Waals surface area contributed by atoms with E-state index in [9.17, 15) is 4.79 Å². The zero-order chi connectivity index (χ0) is 15.4. The van der Waals surface area contributed by atoms with Gasteiger partial charge in [-0.1, -0.05) is 23.8 Å². The summed E-state index contributed by atoms with van der Waals surface area (Å²) in [4.78, 5) is 14.0. The molecule has 0 fully saturated rings. The van der Waals surface area contributed by atoms with Crippen LogP contribution in [0, 0.1) is 13.8 Å². The third-order valence-corrected chi connectivity index (χ3v) is 3.42. The van der Waals surface area contributed by atoms with E-state index < -0.39 is 0 Å². The molecule has 0 atom stereocenters. The van der Waals surface area contributed by atoms with Gasteiger partial charge in [-0.2, -0.15) is 0 Å². The first kappa shape index (κ1) is 14.9. The molecule has 4 nitrogen and oxygen atoms in total. The number of nitrogens with zero attached hydrogens (tertiary/aromatic N) is 1. The first-order chi connectivity index (χ1) is 9.95. The number of rotatable bonds is 4. The largest absolute Gasteiger partial charge is 0.398 e. The highest BCUT2D eigenvalue weighted by Crippen LogP contribution is 2.17. The van der Waals surface area contributed by atoms with Crippen molar-refractivity contribution in [1.82, 2.24) is 0 Å². The average Bonchev–Trinajstić information content (AvgIpc) is 2.43. The van der Waals surface area contributed by atoms with Gasteiger partial charge in [0.25, 0.3) is 0 Å². The fourth-order valence-electron chi connectivity index (χ4n) is 2.02. The lowest BCUT2D eigenvalue weighted by molar-refractivity contribution is -0.114. The van der Waals surface area contributed by atoms with Gasteiger partial charge in [-0.3, -0.25) is 4.79 Å². The van der Waals surface area contributed by atoms with Crippen molar-refractivity contribution in [2.45, 2.75) is 13.8 Å². The molecule has 3 N–H and O–H groups in total. The Morgan fingerprint density at radius 2 is 1.81 bits per heavy atom. The van der Waals surface area contributed by atoms with Crippen LogP contribution >= 0.6 is 0 Å². The minimum atomic E-state index is -0.0682. The molecule has 0 saturated carbocycles. The highest BCUT2D eigenvalue weighted by molar-refractivity contribution is 5.94. The monoisotopic (exact) mass is 283 g/mol. The molecule has 0 aliphatic carbocycles. The number of hydrogen-bond donors (Lipinski definition) is 2. The van der Waals surface area contributed by atoms with Gasteiger partial charge in [-0.25, -0.2) is 0 Å². The number of nitrogens with two attached hydrogens (primary N) is 1. The summed E-state index contributed by atoms with van der Waals surface area (Å²) in [7, 11) is 1.90. The smallest absolute Gasteiger partial charge is 0.243 e. The van der Waals surface area contributed by atoms with Crippen LogP contribution in [-0.2, 0) is 4.79 Å². The summed E-state index contributed by atoms with van der Waals surface area (Å²) in [6.45, 7) is 4.27. The summed E-state index contributed by atoms with van der Waals surface area (Å²) in [6, 6.07) is 13.6. The van der Waals surface area contributed by atoms with Crippen molar-refractivity contribution >= 4 is 23.0 Å². The minimum absolute atomic E-state index is 0.0682. The Morgan fingerprint density at radius 3 is 2.43 bits per heavy atom. The summed E-state index contributed by atoms with van der Waals surface area (Å²) >= 11 is 0. The molecular weight excluding hydrogens is 262 g/mol. The number of hydrogen-bond acceptors (Lipinski definition) is 3. The lowest BCUT2D eigenvalue weighted by atomic mass is 10.2. The van der Waals surface area contributed by atoms with E-state index in [1.165, 1.54) is 5.56 Å². The van der Waals surface area contributed by atoms with E-state index >= 15 is 0 Å². The third kappa shape index (κ3) is 3.99. The van der Waals surface area contributed by atoms with Crippen LogP contribution in [0.3, 0.4) is 0 Å². The van der Waals surface area contributed by atoms with E-state index in [0.717, 1.165) is 16.9 Å². The zero-order valence-electron chi connectivity index (χ0n) is 12.7. The zero-order valence-corrected chi connectivity index (χ0v) is 12.7. The standard InChI is InChI=1S/C17H21N3O/c1-12-4-8-15(9-5-12)20(3)11-17(21)19-14-7-6-13(2)16(18)10-14/h4-10H,11,18H2,1-3H3,(H,19,21). The summed E-state index contributed by atoms with van der Waals surface area (Å²) in [5.74, 6) is -0.0682.